The van der Waals surface area contributed by atoms with Crippen molar-refractivity contribution >= 4 is 5.69 Å². The van der Waals surface area contributed by atoms with E-state index in [4.69, 9.17) is 10.5 Å². The van der Waals surface area contributed by atoms with Crippen molar-refractivity contribution in [3.63, 3.8) is 0 Å². The van der Waals surface area contributed by atoms with Crippen molar-refractivity contribution in [2.45, 2.75) is 45.6 Å². The molecule has 0 saturated carbocycles. The number of rotatable bonds is 6. The van der Waals surface area contributed by atoms with Crippen LogP contribution in [0.25, 0.3) is 0 Å². The fraction of sp³-hybridized carbons (Fsp3) is 0.647. The maximum absolute atomic E-state index is 6.03. The molecule has 3 nitrogen and oxygen atoms in total. The van der Waals surface area contributed by atoms with E-state index >= 15 is 0 Å². The molecule has 0 aromatic heterocycles. The van der Waals surface area contributed by atoms with Gasteiger partial charge in [-0.25, -0.2) is 0 Å². The number of anilines is 1. The summed E-state index contributed by atoms with van der Waals surface area (Å²) in [6.07, 6.45) is 4.69. The van der Waals surface area contributed by atoms with Crippen molar-refractivity contribution < 1.29 is 4.74 Å². The van der Waals surface area contributed by atoms with Crippen LogP contribution in [0.4, 0.5) is 5.69 Å². The molecule has 3 heteroatoms. The second-order valence-corrected chi connectivity index (χ2v) is 6.23. The van der Waals surface area contributed by atoms with Crippen LogP contribution in [-0.4, -0.2) is 25.7 Å². The molecule has 0 aliphatic carbocycles. The Hall–Kier alpha value is -1.22. The van der Waals surface area contributed by atoms with E-state index < -0.39 is 0 Å². The third-order valence-corrected chi connectivity index (χ3v) is 3.85. The lowest BCUT2D eigenvalue weighted by atomic mass is 10.1. The lowest BCUT2D eigenvalue weighted by Crippen LogP contribution is -2.42. The van der Waals surface area contributed by atoms with Crippen LogP contribution in [0.3, 0.4) is 0 Å². The van der Waals surface area contributed by atoms with Crippen LogP contribution in [0.5, 0.6) is 5.75 Å². The molecule has 112 valence electrons. The molecule has 1 saturated heterocycles. The minimum absolute atomic E-state index is 0.315. The summed E-state index contributed by atoms with van der Waals surface area (Å²) in [7, 11) is 0. The van der Waals surface area contributed by atoms with Gasteiger partial charge in [-0.1, -0.05) is 13.8 Å². The molecule has 1 unspecified atom stereocenters. The maximum atomic E-state index is 6.03. The number of nitrogens with two attached hydrogens (primary N) is 1. The molecule has 1 heterocycles. The molecular weight excluding hydrogens is 248 g/mol. The molecule has 0 radical (unpaired) electrons. The molecule has 1 aliphatic heterocycles. The SMILES string of the molecule is CC(C)CCCOc1ccc(N2CCCC(N)C2)cc1. The summed E-state index contributed by atoms with van der Waals surface area (Å²) in [6, 6.07) is 8.76. The van der Waals surface area contributed by atoms with Crippen molar-refractivity contribution in [3.05, 3.63) is 24.3 Å². The predicted octanol–water partition coefficient (Wildman–Crippen LogP) is 3.43. The number of ether oxygens (including phenoxy) is 1. The molecule has 1 aromatic rings. The van der Waals surface area contributed by atoms with Gasteiger partial charge in [0.15, 0.2) is 0 Å². The minimum atomic E-state index is 0.315. The zero-order valence-electron chi connectivity index (χ0n) is 12.8. The Kier molecular flexibility index (Phi) is 5.72. The molecule has 0 bridgehead atoms. The highest BCUT2D eigenvalue weighted by atomic mass is 16.5. The first kappa shape index (κ1) is 15.2. The highest BCUT2D eigenvalue weighted by Gasteiger charge is 2.16. The van der Waals surface area contributed by atoms with E-state index in [2.05, 4.69) is 43.0 Å². The van der Waals surface area contributed by atoms with Gasteiger partial charge < -0.3 is 15.4 Å². The van der Waals surface area contributed by atoms with Crippen molar-refractivity contribution in [2.75, 3.05) is 24.6 Å². The number of benzene rings is 1. The van der Waals surface area contributed by atoms with Crippen LogP contribution in [0.2, 0.25) is 0 Å². The van der Waals surface area contributed by atoms with E-state index in [-0.39, 0.29) is 0 Å². The average Bonchev–Trinajstić information content (AvgIpc) is 2.44. The number of hydrogen-bond donors (Lipinski definition) is 1. The zero-order chi connectivity index (χ0) is 14.4. The van der Waals surface area contributed by atoms with E-state index in [0.29, 0.717) is 6.04 Å². The Balaban J connectivity index is 1.80. The highest BCUT2D eigenvalue weighted by Crippen LogP contribution is 2.22. The minimum Gasteiger partial charge on any atom is -0.494 e. The van der Waals surface area contributed by atoms with E-state index in [1.54, 1.807) is 0 Å². The number of hydrogen-bond acceptors (Lipinski definition) is 3. The van der Waals surface area contributed by atoms with Gasteiger partial charge in [0.2, 0.25) is 0 Å². The van der Waals surface area contributed by atoms with Crippen LogP contribution in [0, 0.1) is 5.92 Å². The molecule has 0 amide bonds. The summed E-state index contributed by atoms with van der Waals surface area (Å²) in [4.78, 5) is 2.37. The third kappa shape index (κ3) is 4.71. The average molecular weight is 276 g/mol. The van der Waals surface area contributed by atoms with Gasteiger partial charge in [-0.15, -0.1) is 0 Å². The van der Waals surface area contributed by atoms with Gasteiger partial charge in [0.1, 0.15) is 5.75 Å². The van der Waals surface area contributed by atoms with Crippen LogP contribution < -0.4 is 15.4 Å². The second-order valence-electron chi connectivity index (χ2n) is 6.23. The summed E-state index contributed by atoms with van der Waals surface area (Å²) in [6.45, 7) is 7.39. The van der Waals surface area contributed by atoms with E-state index in [9.17, 15) is 0 Å². The Morgan fingerprint density at radius 1 is 1.30 bits per heavy atom. The highest BCUT2D eigenvalue weighted by molar-refractivity contribution is 5.49. The largest absolute Gasteiger partial charge is 0.494 e. The van der Waals surface area contributed by atoms with E-state index in [1.807, 2.05) is 0 Å². The Morgan fingerprint density at radius 3 is 2.70 bits per heavy atom. The molecule has 1 atom stereocenters. The van der Waals surface area contributed by atoms with Gasteiger partial charge in [-0.2, -0.15) is 0 Å². The van der Waals surface area contributed by atoms with Crippen molar-refractivity contribution in [1.29, 1.82) is 0 Å². The quantitative estimate of drug-likeness (QED) is 0.809. The topological polar surface area (TPSA) is 38.5 Å². The van der Waals surface area contributed by atoms with Crippen LogP contribution >= 0.6 is 0 Å². The summed E-state index contributed by atoms with van der Waals surface area (Å²) >= 11 is 0. The first-order valence-corrected chi connectivity index (χ1v) is 7.88. The molecule has 2 N–H and O–H groups in total. The smallest absolute Gasteiger partial charge is 0.119 e. The summed E-state index contributed by atoms with van der Waals surface area (Å²) in [5, 5.41) is 0. The molecule has 1 aliphatic rings. The second kappa shape index (κ2) is 7.53. The number of nitrogens with zero attached hydrogens (tertiary/aromatic N) is 1. The van der Waals surface area contributed by atoms with Crippen LogP contribution in [-0.2, 0) is 0 Å². The Bertz CT molecular complexity index is 388. The summed E-state index contributed by atoms with van der Waals surface area (Å²) < 4.78 is 5.78. The lowest BCUT2D eigenvalue weighted by molar-refractivity contribution is 0.297. The molecule has 1 fully saturated rings. The van der Waals surface area contributed by atoms with Crippen molar-refractivity contribution in [3.8, 4) is 5.75 Å². The van der Waals surface area contributed by atoms with Crippen LogP contribution in [0.15, 0.2) is 24.3 Å². The Labute approximate surface area is 123 Å². The Morgan fingerprint density at radius 2 is 2.05 bits per heavy atom. The standard InChI is InChI=1S/C17H28N2O/c1-14(2)5-4-12-20-17-9-7-16(8-10-17)19-11-3-6-15(18)13-19/h7-10,14-15H,3-6,11-13,18H2,1-2H3. The van der Waals surface area contributed by atoms with Gasteiger partial charge in [0.05, 0.1) is 6.61 Å². The van der Waals surface area contributed by atoms with E-state index in [0.717, 1.165) is 44.2 Å². The normalized spacial score (nSPS) is 19.4. The molecule has 2 rings (SSSR count). The first-order chi connectivity index (χ1) is 9.65. The number of piperidine rings is 1. The van der Waals surface area contributed by atoms with Gasteiger partial charge >= 0.3 is 0 Å². The van der Waals surface area contributed by atoms with Crippen LogP contribution in [0.1, 0.15) is 39.5 Å². The maximum Gasteiger partial charge on any atom is 0.119 e. The van der Waals surface area contributed by atoms with Gasteiger partial charge in [-0.3, -0.25) is 0 Å². The monoisotopic (exact) mass is 276 g/mol. The fourth-order valence-corrected chi connectivity index (χ4v) is 2.68. The zero-order valence-corrected chi connectivity index (χ0v) is 12.8. The fourth-order valence-electron chi connectivity index (χ4n) is 2.68. The molecule has 1 aromatic carbocycles. The van der Waals surface area contributed by atoms with Gasteiger partial charge in [-0.05, 0) is 55.9 Å². The lowest BCUT2D eigenvalue weighted by Gasteiger charge is -2.32. The molecule has 0 spiro atoms. The van der Waals surface area contributed by atoms with Crippen molar-refractivity contribution in [2.24, 2.45) is 11.7 Å². The summed E-state index contributed by atoms with van der Waals surface area (Å²) in [5.41, 5.74) is 7.29. The molecule has 20 heavy (non-hydrogen) atoms. The van der Waals surface area contributed by atoms with Gasteiger partial charge in [0.25, 0.3) is 0 Å². The van der Waals surface area contributed by atoms with Gasteiger partial charge in [0, 0.05) is 24.8 Å². The van der Waals surface area contributed by atoms with Crippen molar-refractivity contribution in [1.82, 2.24) is 0 Å². The first-order valence-electron chi connectivity index (χ1n) is 7.88. The van der Waals surface area contributed by atoms with E-state index in [1.165, 1.54) is 18.5 Å². The third-order valence-electron chi connectivity index (χ3n) is 3.85. The summed E-state index contributed by atoms with van der Waals surface area (Å²) in [5.74, 6) is 1.73. The molecular formula is C17H28N2O. The predicted molar refractivity (Wildman–Crippen MR) is 85.4 cm³/mol.